The van der Waals surface area contributed by atoms with E-state index in [-0.39, 0.29) is 5.75 Å². The molecule has 1 aliphatic rings. The van der Waals surface area contributed by atoms with Crippen LogP contribution >= 0.6 is 0 Å². The molecule has 0 bridgehead atoms. The fourth-order valence-electron chi connectivity index (χ4n) is 3.21. The summed E-state index contributed by atoms with van der Waals surface area (Å²) in [4.78, 5) is 56.6. The number of carbonyl (C=O) groups is 4. The van der Waals surface area contributed by atoms with Gasteiger partial charge < -0.3 is 25.3 Å². The molecule has 0 spiro atoms. The summed E-state index contributed by atoms with van der Waals surface area (Å²) >= 11 is 0. The van der Waals surface area contributed by atoms with Gasteiger partial charge in [-0.15, -0.1) is 0 Å². The van der Waals surface area contributed by atoms with E-state index in [1.54, 1.807) is 30.3 Å². The minimum atomic E-state index is -1.55. The Balaban J connectivity index is 2.00. The third-order valence-corrected chi connectivity index (χ3v) is 4.77. The van der Waals surface area contributed by atoms with Crippen molar-refractivity contribution in [3.8, 4) is 5.75 Å². The maximum atomic E-state index is 11.7. The van der Waals surface area contributed by atoms with Gasteiger partial charge in [0.2, 0.25) is 0 Å². The van der Waals surface area contributed by atoms with Gasteiger partial charge >= 0.3 is 23.9 Å². The molecule has 164 valence electrons. The molecule has 0 saturated carbocycles. The van der Waals surface area contributed by atoms with Crippen LogP contribution in [0.25, 0.3) is 0 Å². The summed E-state index contributed by atoms with van der Waals surface area (Å²) in [6.07, 6.45) is 2.04. The number of benzene rings is 2. The van der Waals surface area contributed by atoms with Crippen LogP contribution < -0.4 is 4.89 Å². The smallest absolute Gasteiger partial charge is 0.336 e. The van der Waals surface area contributed by atoms with Crippen molar-refractivity contribution in [1.82, 2.24) is 0 Å². The lowest BCUT2D eigenvalue weighted by atomic mass is 9.81. The molecular formula is C22H16O10. The predicted molar refractivity (Wildman–Crippen MR) is 106 cm³/mol. The maximum Gasteiger partial charge on any atom is 0.336 e. The summed E-state index contributed by atoms with van der Waals surface area (Å²) in [5.74, 6) is -5.96. The number of hydrogen-bond donors (Lipinski definition) is 4. The SMILES string of the molecule is O=C(O)C1=C(C(=O)O)CC(OOc2ccc(C(=O)O)c(C(=O)O)c2)(c2ccccc2)C=C1. The monoisotopic (exact) mass is 440 g/mol. The Labute approximate surface area is 180 Å². The van der Waals surface area contributed by atoms with E-state index < -0.39 is 58.2 Å². The molecule has 1 aliphatic carbocycles. The molecular weight excluding hydrogens is 424 g/mol. The van der Waals surface area contributed by atoms with Crippen molar-refractivity contribution in [3.05, 3.63) is 88.5 Å². The van der Waals surface area contributed by atoms with Gasteiger partial charge in [-0.3, -0.25) is 0 Å². The van der Waals surface area contributed by atoms with Crippen LogP contribution in [-0.2, 0) is 20.1 Å². The zero-order chi connectivity index (χ0) is 23.5. The third kappa shape index (κ3) is 4.35. The normalized spacial score (nSPS) is 17.6. The van der Waals surface area contributed by atoms with Crippen LogP contribution in [0.5, 0.6) is 5.75 Å². The summed E-state index contributed by atoms with van der Waals surface area (Å²) in [6, 6.07) is 11.4. The summed E-state index contributed by atoms with van der Waals surface area (Å²) in [5, 5.41) is 37.2. The number of aromatic carboxylic acids is 2. The highest BCUT2D eigenvalue weighted by Crippen LogP contribution is 2.39. The van der Waals surface area contributed by atoms with Crippen molar-refractivity contribution >= 4 is 23.9 Å². The van der Waals surface area contributed by atoms with Crippen molar-refractivity contribution in [1.29, 1.82) is 0 Å². The molecule has 0 aliphatic heterocycles. The van der Waals surface area contributed by atoms with Gasteiger partial charge in [0.25, 0.3) is 0 Å². The fraction of sp³-hybridized carbons (Fsp3) is 0.0909. The largest absolute Gasteiger partial charge is 0.478 e. The second-order valence-corrected chi connectivity index (χ2v) is 6.75. The highest BCUT2D eigenvalue weighted by atomic mass is 17.2. The van der Waals surface area contributed by atoms with E-state index in [0.29, 0.717) is 5.56 Å². The molecule has 1 atom stereocenters. The highest BCUT2D eigenvalue weighted by molar-refractivity contribution is 6.02. The zero-order valence-corrected chi connectivity index (χ0v) is 16.2. The summed E-state index contributed by atoms with van der Waals surface area (Å²) < 4.78 is 0. The van der Waals surface area contributed by atoms with Gasteiger partial charge in [0.15, 0.2) is 11.4 Å². The molecule has 4 N–H and O–H groups in total. The van der Waals surface area contributed by atoms with Crippen molar-refractivity contribution < 1.29 is 49.4 Å². The van der Waals surface area contributed by atoms with Crippen LogP contribution in [0.3, 0.4) is 0 Å². The molecule has 2 aromatic carbocycles. The van der Waals surface area contributed by atoms with Crippen molar-refractivity contribution in [3.63, 3.8) is 0 Å². The molecule has 10 nitrogen and oxygen atoms in total. The van der Waals surface area contributed by atoms with E-state index in [9.17, 15) is 34.5 Å². The first kappa shape index (κ1) is 22.2. The molecule has 0 amide bonds. The summed E-state index contributed by atoms with van der Waals surface area (Å²) in [7, 11) is 0. The topological polar surface area (TPSA) is 168 Å². The average Bonchev–Trinajstić information content (AvgIpc) is 2.77. The molecule has 0 fully saturated rings. The van der Waals surface area contributed by atoms with Crippen LogP contribution in [0.2, 0.25) is 0 Å². The summed E-state index contributed by atoms with van der Waals surface area (Å²) in [5.41, 5.74) is -2.93. The van der Waals surface area contributed by atoms with Crippen LogP contribution in [0.15, 0.2) is 71.8 Å². The number of hydrogen-bond acceptors (Lipinski definition) is 6. The van der Waals surface area contributed by atoms with Crippen molar-refractivity contribution in [2.24, 2.45) is 0 Å². The number of carboxylic acid groups (broad SMARTS) is 4. The Kier molecular flexibility index (Phi) is 6.08. The number of carboxylic acids is 4. The van der Waals surface area contributed by atoms with E-state index in [4.69, 9.17) is 14.9 Å². The second kappa shape index (κ2) is 8.74. The van der Waals surface area contributed by atoms with Gasteiger partial charge in [-0.1, -0.05) is 30.3 Å². The molecule has 10 heteroatoms. The van der Waals surface area contributed by atoms with Crippen LogP contribution in [0, 0.1) is 0 Å². The first-order valence-corrected chi connectivity index (χ1v) is 9.05. The Morgan fingerprint density at radius 1 is 0.781 bits per heavy atom. The molecule has 0 saturated heterocycles. The zero-order valence-electron chi connectivity index (χ0n) is 16.2. The van der Waals surface area contributed by atoms with Gasteiger partial charge in [0.05, 0.1) is 22.3 Å². The lowest BCUT2D eigenvalue weighted by molar-refractivity contribution is -0.281. The van der Waals surface area contributed by atoms with Crippen LogP contribution in [0.1, 0.15) is 32.7 Å². The Hall–Kier alpha value is -4.44. The first-order chi connectivity index (χ1) is 15.1. The molecule has 32 heavy (non-hydrogen) atoms. The third-order valence-electron chi connectivity index (χ3n) is 4.77. The second-order valence-electron chi connectivity index (χ2n) is 6.75. The number of aliphatic carboxylic acids is 2. The molecule has 0 aromatic heterocycles. The van der Waals surface area contributed by atoms with E-state index >= 15 is 0 Å². The van der Waals surface area contributed by atoms with Gasteiger partial charge in [0, 0.05) is 6.42 Å². The first-order valence-electron chi connectivity index (χ1n) is 9.05. The maximum absolute atomic E-state index is 11.7. The average molecular weight is 440 g/mol. The minimum absolute atomic E-state index is 0.152. The van der Waals surface area contributed by atoms with E-state index in [1.807, 2.05) is 0 Å². The lowest BCUT2D eigenvalue weighted by Crippen LogP contribution is -2.34. The van der Waals surface area contributed by atoms with Crippen molar-refractivity contribution in [2.75, 3.05) is 0 Å². The Morgan fingerprint density at radius 3 is 2.00 bits per heavy atom. The van der Waals surface area contributed by atoms with E-state index in [2.05, 4.69) is 0 Å². The van der Waals surface area contributed by atoms with Crippen LogP contribution in [0.4, 0.5) is 0 Å². The standard InChI is InChI=1S/C22H16O10/c23-18(24)14-7-6-13(10-16(14)20(27)28)31-32-22(12-4-2-1-3-5-12)9-8-15(19(25)26)17(11-22)21(29)30/h1-10H,11H2,(H,23,24)(H,25,26)(H,27,28)(H,29,30). The fourth-order valence-corrected chi connectivity index (χ4v) is 3.21. The molecule has 2 aromatic rings. The van der Waals surface area contributed by atoms with Crippen molar-refractivity contribution in [2.45, 2.75) is 12.0 Å². The van der Waals surface area contributed by atoms with Gasteiger partial charge in [-0.05, 0) is 35.9 Å². The summed E-state index contributed by atoms with van der Waals surface area (Å²) in [6.45, 7) is 0. The Bertz CT molecular complexity index is 1160. The molecule has 1 unspecified atom stereocenters. The molecule has 0 heterocycles. The Morgan fingerprint density at radius 2 is 1.44 bits per heavy atom. The lowest BCUT2D eigenvalue weighted by Gasteiger charge is -2.32. The minimum Gasteiger partial charge on any atom is -0.478 e. The van der Waals surface area contributed by atoms with Gasteiger partial charge in [0.1, 0.15) is 0 Å². The predicted octanol–water partition coefficient (Wildman–Crippen LogP) is 2.71. The molecule has 0 radical (unpaired) electrons. The van der Waals surface area contributed by atoms with Crippen LogP contribution in [-0.4, -0.2) is 44.3 Å². The van der Waals surface area contributed by atoms with Gasteiger partial charge in [-0.2, -0.15) is 4.89 Å². The quantitative estimate of drug-likeness (QED) is 0.354. The number of rotatable bonds is 8. The molecule has 3 rings (SSSR count). The van der Waals surface area contributed by atoms with Gasteiger partial charge in [-0.25, -0.2) is 19.2 Å². The van der Waals surface area contributed by atoms with E-state index in [0.717, 1.165) is 18.2 Å². The highest BCUT2D eigenvalue weighted by Gasteiger charge is 2.40. The van der Waals surface area contributed by atoms with E-state index in [1.165, 1.54) is 12.1 Å².